The molecule has 0 aromatic carbocycles. The number of carbonyl (C=O) groups is 2. The molecule has 1 saturated heterocycles. The molecule has 3 aliphatic rings. The van der Waals surface area contributed by atoms with Crippen molar-refractivity contribution in [3.8, 4) is 0 Å². The van der Waals surface area contributed by atoms with E-state index in [0.29, 0.717) is 5.71 Å². The molecule has 0 spiro atoms. The SMILES string of the molecule is CC(=O)N1CCN(C2C=CC3=NC(=O)NC3=C2)CC1. The number of rotatable bonds is 1. The zero-order valence-electron chi connectivity index (χ0n) is 10.8. The van der Waals surface area contributed by atoms with Crippen LogP contribution in [0.4, 0.5) is 4.79 Å². The number of piperazine rings is 1. The van der Waals surface area contributed by atoms with Gasteiger partial charge in [-0.05, 0) is 12.2 Å². The Bertz CT molecular complexity index is 513. The second-order valence-electron chi connectivity index (χ2n) is 4.90. The lowest BCUT2D eigenvalue weighted by Crippen LogP contribution is -2.51. The van der Waals surface area contributed by atoms with Crippen LogP contribution in [0.1, 0.15) is 6.92 Å². The van der Waals surface area contributed by atoms with Crippen LogP contribution >= 0.6 is 0 Å². The van der Waals surface area contributed by atoms with Crippen LogP contribution in [0.25, 0.3) is 0 Å². The van der Waals surface area contributed by atoms with Crippen molar-refractivity contribution in [3.63, 3.8) is 0 Å². The zero-order valence-corrected chi connectivity index (χ0v) is 10.8. The van der Waals surface area contributed by atoms with Crippen LogP contribution in [0.3, 0.4) is 0 Å². The largest absolute Gasteiger partial charge is 0.346 e. The number of hydrogen-bond donors (Lipinski definition) is 1. The number of urea groups is 1. The lowest BCUT2D eigenvalue weighted by Gasteiger charge is -2.37. The van der Waals surface area contributed by atoms with Gasteiger partial charge in [0.2, 0.25) is 5.91 Å². The summed E-state index contributed by atoms with van der Waals surface area (Å²) in [5.41, 5.74) is 1.51. The van der Waals surface area contributed by atoms with Crippen molar-refractivity contribution in [1.82, 2.24) is 15.1 Å². The Kier molecular flexibility index (Phi) is 2.94. The second kappa shape index (κ2) is 4.62. The fourth-order valence-electron chi connectivity index (χ4n) is 2.61. The maximum absolute atomic E-state index is 11.3. The topological polar surface area (TPSA) is 65.0 Å². The van der Waals surface area contributed by atoms with E-state index in [0.717, 1.165) is 31.9 Å². The smallest absolute Gasteiger partial charge is 0.340 e. The molecule has 100 valence electrons. The average molecular weight is 260 g/mol. The summed E-state index contributed by atoms with van der Waals surface area (Å²) in [5, 5.41) is 2.73. The normalized spacial score (nSPS) is 26.7. The molecule has 1 atom stereocenters. The highest BCUT2D eigenvalue weighted by atomic mass is 16.2. The van der Waals surface area contributed by atoms with E-state index in [4.69, 9.17) is 0 Å². The van der Waals surface area contributed by atoms with Crippen LogP contribution in [0.15, 0.2) is 28.9 Å². The van der Waals surface area contributed by atoms with Gasteiger partial charge in [0.1, 0.15) is 0 Å². The third kappa shape index (κ3) is 2.31. The van der Waals surface area contributed by atoms with Gasteiger partial charge in [-0.2, -0.15) is 4.99 Å². The fraction of sp³-hybridized carbons (Fsp3) is 0.462. The minimum atomic E-state index is -0.298. The molecule has 1 aliphatic carbocycles. The van der Waals surface area contributed by atoms with E-state index < -0.39 is 0 Å². The average Bonchev–Trinajstić information content (AvgIpc) is 2.77. The molecule has 6 nitrogen and oxygen atoms in total. The Balaban J connectivity index is 1.66. The van der Waals surface area contributed by atoms with Gasteiger partial charge in [-0.15, -0.1) is 0 Å². The van der Waals surface area contributed by atoms with E-state index >= 15 is 0 Å². The van der Waals surface area contributed by atoms with E-state index in [2.05, 4.69) is 15.2 Å². The van der Waals surface area contributed by atoms with Crippen molar-refractivity contribution < 1.29 is 9.59 Å². The number of aliphatic imine (C=N–C) groups is 1. The van der Waals surface area contributed by atoms with E-state index in [1.165, 1.54) is 0 Å². The number of nitrogens with one attached hydrogen (secondary N) is 1. The van der Waals surface area contributed by atoms with E-state index in [9.17, 15) is 9.59 Å². The number of amides is 3. The van der Waals surface area contributed by atoms with Gasteiger partial charge in [-0.1, -0.05) is 6.08 Å². The molecule has 19 heavy (non-hydrogen) atoms. The summed E-state index contributed by atoms with van der Waals surface area (Å²) in [6.07, 6.45) is 5.95. The predicted octanol–water partition coefficient (Wildman–Crippen LogP) is 0.137. The Morgan fingerprint density at radius 3 is 2.79 bits per heavy atom. The molecule has 0 aromatic heterocycles. The summed E-state index contributed by atoms with van der Waals surface area (Å²) in [6, 6.07) is -0.130. The third-order valence-electron chi connectivity index (χ3n) is 3.71. The Morgan fingerprint density at radius 1 is 1.37 bits per heavy atom. The highest BCUT2D eigenvalue weighted by Crippen LogP contribution is 2.18. The summed E-state index contributed by atoms with van der Waals surface area (Å²) in [5.74, 6) is 0.134. The summed E-state index contributed by atoms with van der Waals surface area (Å²) in [4.78, 5) is 30.5. The summed E-state index contributed by atoms with van der Waals surface area (Å²) in [7, 11) is 0. The van der Waals surface area contributed by atoms with Crippen molar-refractivity contribution in [1.29, 1.82) is 0 Å². The first-order valence-electron chi connectivity index (χ1n) is 6.43. The van der Waals surface area contributed by atoms with Crippen molar-refractivity contribution in [2.45, 2.75) is 13.0 Å². The molecular weight excluding hydrogens is 244 g/mol. The lowest BCUT2D eigenvalue weighted by molar-refractivity contribution is -0.130. The third-order valence-corrected chi connectivity index (χ3v) is 3.71. The number of hydrogen-bond acceptors (Lipinski definition) is 3. The first-order valence-corrected chi connectivity index (χ1v) is 6.43. The van der Waals surface area contributed by atoms with Crippen LogP contribution < -0.4 is 5.32 Å². The van der Waals surface area contributed by atoms with Crippen LogP contribution in [-0.4, -0.2) is 59.7 Å². The molecule has 3 rings (SSSR count). The maximum atomic E-state index is 11.3. The van der Waals surface area contributed by atoms with Crippen LogP contribution in [0.2, 0.25) is 0 Å². The molecule has 1 unspecified atom stereocenters. The minimum absolute atomic E-state index is 0.134. The number of allylic oxidation sites excluding steroid dienone is 1. The minimum Gasteiger partial charge on any atom is -0.340 e. The molecule has 0 radical (unpaired) electrons. The van der Waals surface area contributed by atoms with Crippen molar-refractivity contribution in [2.24, 2.45) is 4.99 Å². The molecular formula is C13H16N4O2. The number of fused-ring (bicyclic) bond motifs is 1. The van der Waals surface area contributed by atoms with Crippen molar-refractivity contribution >= 4 is 17.6 Å². The Morgan fingerprint density at radius 2 is 2.11 bits per heavy atom. The van der Waals surface area contributed by atoms with E-state index in [1.807, 2.05) is 23.1 Å². The van der Waals surface area contributed by atoms with Crippen LogP contribution in [0, 0.1) is 0 Å². The van der Waals surface area contributed by atoms with Gasteiger partial charge < -0.3 is 10.2 Å². The molecule has 6 heteroatoms. The van der Waals surface area contributed by atoms with Gasteiger partial charge in [0, 0.05) is 39.1 Å². The quantitative estimate of drug-likeness (QED) is 0.729. The molecule has 0 bridgehead atoms. The number of carbonyl (C=O) groups excluding carboxylic acids is 2. The molecule has 0 aromatic rings. The zero-order chi connectivity index (χ0) is 13.4. The highest BCUT2D eigenvalue weighted by Gasteiger charge is 2.27. The maximum Gasteiger partial charge on any atom is 0.346 e. The van der Waals surface area contributed by atoms with Gasteiger partial charge in [-0.25, -0.2) is 4.79 Å². The molecule has 1 fully saturated rings. The summed E-state index contributed by atoms with van der Waals surface area (Å²) >= 11 is 0. The van der Waals surface area contributed by atoms with Gasteiger partial charge in [0.05, 0.1) is 11.4 Å². The number of nitrogens with zero attached hydrogens (tertiary/aromatic N) is 3. The van der Waals surface area contributed by atoms with Crippen molar-refractivity contribution in [2.75, 3.05) is 26.2 Å². The Hall–Kier alpha value is -1.95. The van der Waals surface area contributed by atoms with Gasteiger partial charge in [0.25, 0.3) is 0 Å². The summed E-state index contributed by atoms with van der Waals surface area (Å²) in [6.45, 7) is 4.82. The molecule has 2 heterocycles. The predicted molar refractivity (Wildman–Crippen MR) is 70.8 cm³/mol. The van der Waals surface area contributed by atoms with Crippen LogP contribution in [-0.2, 0) is 4.79 Å². The highest BCUT2D eigenvalue weighted by molar-refractivity contribution is 6.19. The van der Waals surface area contributed by atoms with E-state index in [1.54, 1.807) is 6.92 Å². The molecule has 2 aliphatic heterocycles. The van der Waals surface area contributed by atoms with Crippen molar-refractivity contribution in [3.05, 3.63) is 23.9 Å². The van der Waals surface area contributed by atoms with Crippen LogP contribution in [0.5, 0.6) is 0 Å². The standard InChI is InChI=1S/C13H16N4O2/c1-9(18)16-4-6-17(7-5-16)10-2-3-11-12(8-10)15-13(19)14-11/h2-3,8,10H,4-7H2,1H3,(H,15,19). The second-order valence-corrected chi connectivity index (χ2v) is 4.90. The van der Waals surface area contributed by atoms with E-state index in [-0.39, 0.29) is 18.0 Å². The first kappa shape index (κ1) is 12.1. The van der Waals surface area contributed by atoms with Gasteiger partial charge >= 0.3 is 6.03 Å². The lowest BCUT2D eigenvalue weighted by atomic mass is 10.0. The van der Waals surface area contributed by atoms with Gasteiger partial charge in [0.15, 0.2) is 0 Å². The fourth-order valence-corrected chi connectivity index (χ4v) is 2.61. The summed E-state index contributed by atoms with van der Waals surface area (Å²) < 4.78 is 0. The monoisotopic (exact) mass is 260 g/mol. The molecule has 0 saturated carbocycles. The molecule has 3 amide bonds. The molecule has 1 N–H and O–H groups in total. The van der Waals surface area contributed by atoms with Gasteiger partial charge in [-0.3, -0.25) is 9.69 Å². The first-order chi connectivity index (χ1) is 9.13. The Labute approximate surface area is 111 Å².